The van der Waals surface area contributed by atoms with Gasteiger partial charge < -0.3 is 19.5 Å². The minimum atomic E-state index is -0.706. The van der Waals surface area contributed by atoms with Crippen LogP contribution < -0.4 is 0 Å². The summed E-state index contributed by atoms with van der Waals surface area (Å²) in [5.74, 6) is 0.547. The van der Waals surface area contributed by atoms with Gasteiger partial charge in [-0.3, -0.25) is 4.79 Å². The lowest BCUT2D eigenvalue weighted by molar-refractivity contribution is -0.138. The Kier molecular flexibility index (Phi) is 5.59. The number of aliphatic carboxylic acids is 1. The minimum Gasteiger partial charge on any atom is -0.507 e. The van der Waals surface area contributed by atoms with Crippen LogP contribution in [0.4, 0.5) is 4.39 Å². The van der Waals surface area contributed by atoms with Crippen LogP contribution in [0.5, 0.6) is 5.75 Å². The summed E-state index contributed by atoms with van der Waals surface area (Å²) in [6.07, 6.45) is 7.31. The van der Waals surface area contributed by atoms with Crippen molar-refractivity contribution in [1.82, 2.24) is 4.57 Å². The largest absolute Gasteiger partial charge is 0.507 e. The van der Waals surface area contributed by atoms with E-state index in [9.17, 15) is 14.3 Å². The summed E-state index contributed by atoms with van der Waals surface area (Å²) in [6.45, 7) is 1.45. The first-order valence-corrected chi connectivity index (χ1v) is 12.9. The van der Waals surface area contributed by atoms with Gasteiger partial charge in [-0.15, -0.1) is 0 Å². The molecule has 2 N–H and O–H groups in total. The van der Waals surface area contributed by atoms with Crippen LogP contribution in [0.2, 0.25) is 0 Å². The molecule has 0 amide bonds. The molecule has 3 fully saturated rings. The van der Waals surface area contributed by atoms with Crippen LogP contribution in [0.25, 0.3) is 16.6 Å². The highest BCUT2D eigenvalue weighted by Gasteiger charge is 2.54. The number of carboxylic acids is 1. The number of carbonyl (C=O) groups is 1. The van der Waals surface area contributed by atoms with Gasteiger partial charge in [-0.1, -0.05) is 6.07 Å². The number of benzene rings is 2. The molecule has 6 heteroatoms. The lowest BCUT2D eigenvalue weighted by Crippen LogP contribution is -2.46. The van der Waals surface area contributed by atoms with Gasteiger partial charge in [-0.25, -0.2) is 4.39 Å². The fourth-order valence-electron chi connectivity index (χ4n) is 7.24. The summed E-state index contributed by atoms with van der Waals surface area (Å²) in [6, 6.07) is 12.4. The molecule has 184 valence electrons. The van der Waals surface area contributed by atoms with E-state index in [0.717, 1.165) is 74.7 Å². The van der Waals surface area contributed by atoms with E-state index in [-0.39, 0.29) is 12.2 Å². The van der Waals surface area contributed by atoms with E-state index in [1.807, 2.05) is 18.2 Å². The second-order valence-corrected chi connectivity index (χ2v) is 11.0. The van der Waals surface area contributed by atoms with Crippen molar-refractivity contribution in [1.29, 1.82) is 0 Å². The third-order valence-electron chi connectivity index (χ3n) is 8.72. The van der Waals surface area contributed by atoms with Gasteiger partial charge in [0.25, 0.3) is 0 Å². The molecule has 3 aromatic rings. The molecule has 2 heterocycles. The topological polar surface area (TPSA) is 71.7 Å². The van der Waals surface area contributed by atoms with Gasteiger partial charge in [-0.2, -0.15) is 0 Å². The van der Waals surface area contributed by atoms with Crippen LogP contribution in [-0.4, -0.2) is 34.0 Å². The van der Waals surface area contributed by atoms with Crippen molar-refractivity contribution in [2.45, 2.75) is 63.2 Å². The number of aromatic hydroxyl groups is 1. The first-order chi connectivity index (χ1) is 16.9. The monoisotopic (exact) mass is 477 g/mol. The Morgan fingerprint density at radius 2 is 1.74 bits per heavy atom. The normalized spacial score (nSPS) is 26.5. The number of phenols is 1. The number of carboxylic acid groups (broad SMARTS) is 1. The third kappa shape index (κ3) is 3.92. The van der Waals surface area contributed by atoms with Crippen molar-refractivity contribution in [2.24, 2.45) is 11.3 Å². The summed E-state index contributed by atoms with van der Waals surface area (Å²) in [7, 11) is 0. The van der Waals surface area contributed by atoms with Gasteiger partial charge in [-0.05, 0) is 104 Å². The summed E-state index contributed by atoms with van der Waals surface area (Å²) in [5.41, 5.74) is 4.73. The van der Waals surface area contributed by atoms with Gasteiger partial charge in [0.05, 0.1) is 5.52 Å². The second kappa shape index (κ2) is 8.66. The number of ether oxygens (including phenoxy) is 1. The average molecular weight is 478 g/mol. The molecule has 35 heavy (non-hydrogen) atoms. The number of phenolic OH excluding ortho intramolecular Hbond substituents is 1. The lowest BCUT2D eigenvalue weighted by atomic mass is 9.46. The summed E-state index contributed by atoms with van der Waals surface area (Å²) >= 11 is 0. The van der Waals surface area contributed by atoms with Crippen LogP contribution in [0.1, 0.15) is 74.5 Å². The van der Waals surface area contributed by atoms with E-state index in [2.05, 4.69) is 10.6 Å². The molecule has 5 nitrogen and oxygen atoms in total. The Morgan fingerprint density at radius 1 is 1.03 bits per heavy atom. The molecule has 2 aromatic carbocycles. The molecule has 1 saturated heterocycles. The molecular formula is C29H32FNO4. The lowest BCUT2D eigenvalue weighted by Gasteiger charge is -2.58. The first-order valence-electron chi connectivity index (χ1n) is 12.9. The smallest absolute Gasteiger partial charge is 0.303 e. The molecule has 0 bridgehead atoms. The van der Waals surface area contributed by atoms with E-state index >= 15 is 0 Å². The maximum atomic E-state index is 13.8. The standard InChI is InChI=1S/C29H32FNO4/c30-21-5-7-22(8-6-21)31-23-2-1-3-24(32)27(23)26(28(31)19-10-12-35-13-11-19)20-16-29(17-20)14-18(15-29)4-9-25(33)34/h1-3,5-8,18-20,32H,4,9-17H2,(H,33,34). The SMILES string of the molecule is O=C(O)CCC1CC2(C1)CC(c1c(C3CCOCC3)n(-c3ccc(F)cc3)c3cccc(O)c13)C2. The molecule has 0 atom stereocenters. The highest BCUT2D eigenvalue weighted by Crippen LogP contribution is 2.66. The van der Waals surface area contributed by atoms with E-state index in [4.69, 9.17) is 9.84 Å². The van der Waals surface area contributed by atoms with E-state index in [0.29, 0.717) is 28.9 Å². The maximum Gasteiger partial charge on any atom is 0.303 e. The van der Waals surface area contributed by atoms with Crippen molar-refractivity contribution in [3.63, 3.8) is 0 Å². The number of hydrogen-bond donors (Lipinski definition) is 2. The van der Waals surface area contributed by atoms with Gasteiger partial charge in [0.2, 0.25) is 0 Å². The zero-order chi connectivity index (χ0) is 24.2. The number of halogens is 1. The van der Waals surface area contributed by atoms with Gasteiger partial charge >= 0.3 is 5.97 Å². The fraction of sp³-hybridized carbons (Fsp3) is 0.483. The predicted molar refractivity (Wildman–Crippen MR) is 132 cm³/mol. The molecule has 1 aromatic heterocycles. The molecule has 2 saturated carbocycles. The molecule has 1 spiro atoms. The highest BCUT2D eigenvalue weighted by atomic mass is 19.1. The number of fused-ring (bicyclic) bond motifs is 1. The number of aromatic nitrogens is 1. The Balaban J connectivity index is 1.40. The zero-order valence-electron chi connectivity index (χ0n) is 19.9. The van der Waals surface area contributed by atoms with Crippen LogP contribution in [0.3, 0.4) is 0 Å². The average Bonchev–Trinajstić information content (AvgIpc) is 3.14. The fourth-order valence-corrected chi connectivity index (χ4v) is 7.24. The van der Waals surface area contributed by atoms with Crippen molar-refractivity contribution in [2.75, 3.05) is 13.2 Å². The quantitative estimate of drug-likeness (QED) is 0.425. The summed E-state index contributed by atoms with van der Waals surface area (Å²) in [4.78, 5) is 11.0. The van der Waals surface area contributed by atoms with Crippen molar-refractivity contribution in [3.05, 3.63) is 59.5 Å². The number of hydrogen-bond acceptors (Lipinski definition) is 3. The number of nitrogens with zero attached hydrogens (tertiary/aromatic N) is 1. The Bertz CT molecular complexity index is 1240. The zero-order valence-corrected chi connectivity index (χ0v) is 19.9. The Hall–Kier alpha value is -2.86. The third-order valence-corrected chi connectivity index (χ3v) is 8.72. The molecule has 6 rings (SSSR count). The van der Waals surface area contributed by atoms with Gasteiger partial charge in [0.1, 0.15) is 11.6 Å². The van der Waals surface area contributed by atoms with E-state index in [1.54, 1.807) is 6.07 Å². The summed E-state index contributed by atoms with van der Waals surface area (Å²) in [5, 5.41) is 21.0. The maximum absolute atomic E-state index is 13.8. The van der Waals surface area contributed by atoms with Gasteiger partial charge in [0, 0.05) is 42.3 Å². The Morgan fingerprint density at radius 3 is 2.43 bits per heavy atom. The Labute approximate surface area is 204 Å². The number of rotatable bonds is 6. The molecular weight excluding hydrogens is 445 g/mol. The van der Waals surface area contributed by atoms with Crippen molar-refractivity contribution < 1.29 is 24.1 Å². The molecule has 0 unspecified atom stereocenters. The predicted octanol–water partition coefficient (Wildman–Crippen LogP) is 6.51. The van der Waals surface area contributed by atoms with Crippen molar-refractivity contribution >= 4 is 16.9 Å². The van der Waals surface area contributed by atoms with E-state index < -0.39 is 5.97 Å². The van der Waals surface area contributed by atoms with Crippen LogP contribution in [-0.2, 0) is 9.53 Å². The molecule has 3 aliphatic rings. The van der Waals surface area contributed by atoms with Gasteiger partial charge in [0.15, 0.2) is 0 Å². The molecule has 0 radical (unpaired) electrons. The van der Waals surface area contributed by atoms with Crippen LogP contribution in [0.15, 0.2) is 42.5 Å². The van der Waals surface area contributed by atoms with Crippen LogP contribution in [0, 0.1) is 17.2 Å². The molecule has 2 aliphatic carbocycles. The second-order valence-electron chi connectivity index (χ2n) is 11.0. The van der Waals surface area contributed by atoms with E-state index in [1.165, 1.54) is 23.4 Å². The van der Waals surface area contributed by atoms with Crippen LogP contribution >= 0.6 is 0 Å². The van der Waals surface area contributed by atoms with Crippen molar-refractivity contribution in [3.8, 4) is 11.4 Å². The summed E-state index contributed by atoms with van der Waals surface area (Å²) < 4.78 is 21.7. The molecule has 1 aliphatic heterocycles. The highest BCUT2D eigenvalue weighted by molar-refractivity contribution is 5.93. The minimum absolute atomic E-state index is 0.260. The first kappa shape index (κ1) is 22.6.